The normalized spacial score (nSPS) is 16.9. The molecule has 1 atom stereocenters. The third-order valence-electron chi connectivity index (χ3n) is 3.51. The van der Waals surface area contributed by atoms with Gasteiger partial charge in [0.1, 0.15) is 0 Å². The highest BCUT2D eigenvalue weighted by molar-refractivity contribution is 5.74. The van der Waals surface area contributed by atoms with Crippen LogP contribution in [-0.2, 0) is 9.53 Å². The molecule has 1 unspecified atom stereocenters. The summed E-state index contributed by atoms with van der Waals surface area (Å²) in [4.78, 5) is 26.4. The number of rotatable bonds is 8. The number of amides is 2. The number of hydrogen-bond acceptors (Lipinski definition) is 4. The number of nitrogens with zero attached hydrogens (tertiary/aromatic N) is 2. The van der Waals surface area contributed by atoms with Gasteiger partial charge in [0.05, 0.1) is 12.5 Å². The molecule has 2 N–H and O–H groups in total. The summed E-state index contributed by atoms with van der Waals surface area (Å²) in [7, 11) is 3.18. The first-order chi connectivity index (χ1) is 9.52. The van der Waals surface area contributed by atoms with Crippen LogP contribution in [0.1, 0.15) is 19.3 Å². The minimum absolute atomic E-state index is 0.117. The standard InChI is InChI=1S/C13H25N3O4/c1-15(7-8-16-5-3-4-6-16)13(19)14-10-11(20-2)9-12(17)18/h11H,3-10H2,1-2H3,(H,14,19)(H,17,18). The molecule has 1 aliphatic rings. The number of aliphatic carboxylic acids is 1. The quantitative estimate of drug-likeness (QED) is 0.667. The number of methoxy groups -OCH3 is 1. The van der Waals surface area contributed by atoms with Gasteiger partial charge in [0.25, 0.3) is 0 Å². The molecule has 1 saturated heterocycles. The van der Waals surface area contributed by atoms with E-state index in [0.29, 0.717) is 6.54 Å². The predicted octanol–water partition coefficient (Wildman–Crippen LogP) is 0.213. The lowest BCUT2D eigenvalue weighted by Gasteiger charge is -2.23. The number of carboxylic acid groups (broad SMARTS) is 1. The van der Waals surface area contributed by atoms with Gasteiger partial charge in [-0.05, 0) is 25.9 Å². The SMILES string of the molecule is COC(CNC(=O)N(C)CCN1CCCC1)CC(=O)O. The number of nitrogens with one attached hydrogen (secondary N) is 1. The highest BCUT2D eigenvalue weighted by Crippen LogP contribution is 2.06. The second-order valence-corrected chi connectivity index (χ2v) is 5.11. The molecule has 0 radical (unpaired) electrons. The van der Waals surface area contributed by atoms with E-state index in [1.165, 1.54) is 20.0 Å². The molecule has 1 rings (SSSR count). The van der Waals surface area contributed by atoms with Crippen molar-refractivity contribution in [1.29, 1.82) is 0 Å². The number of carboxylic acids is 1. The number of likely N-dealkylation sites (N-methyl/N-ethyl adjacent to an activating group) is 1. The molecule has 116 valence electrons. The third kappa shape index (κ3) is 6.21. The summed E-state index contributed by atoms with van der Waals surface area (Å²) in [5.74, 6) is -0.937. The van der Waals surface area contributed by atoms with E-state index in [-0.39, 0.29) is 19.0 Å². The van der Waals surface area contributed by atoms with E-state index in [0.717, 1.165) is 19.6 Å². The lowest BCUT2D eigenvalue weighted by Crippen LogP contribution is -2.44. The molecule has 0 spiro atoms. The number of carbonyl (C=O) groups excluding carboxylic acids is 1. The van der Waals surface area contributed by atoms with Crippen LogP contribution in [0, 0.1) is 0 Å². The highest BCUT2D eigenvalue weighted by atomic mass is 16.5. The lowest BCUT2D eigenvalue weighted by molar-refractivity contribution is -0.139. The van der Waals surface area contributed by atoms with Crippen LogP contribution in [0.2, 0.25) is 0 Å². The lowest BCUT2D eigenvalue weighted by atomic mass is 10.2. The third-order valence-corrected chi connectivity index (χ3v) is 3.51. The van der Waals surface area contributed by atoms with E-state index in [4.69, 9.17) is 9.84 Å². The molecule has 0 saturated carbocycles. The van der Waals surface area contributed by atoms with Crippen LogP contribution < -0.4 is 5.32 Å². The fourth-order valence-electron chi connectivity index (χ4n) is 2.17. The van der Waals surface area contributed by atoms with Crippen molar-refractivity contribution in [2.24, 2.45) is 0 Å². The second kappa shape index (κ2) is 8.76. The molecule has 1 heterocycles. The fraction of sp³-hybridized carbons (Fsp3) is 0.846. The van der Waals surface area contributed by atoms with Crippen molar-refractivity contribution in [3.05, 3.63) is 0 Å². The van der Waals surface area contributed by atoms with Crippen molar-refractivity contribution in [3.63, 3.8) is 0 Å². The fourth-order valence-corrected chi connectivity index (χ4v) is 2.17. The van der Waals surface area contributed by atoms with Crippen LogP contribution in [0.25, 0.3) is 0 Å². The number of ether oxygens (including phenoxy) is 1. The van der Waals surface area contributed by atoms with Gasteiger partial charge in [-0.25, -0.2) is 4.79 Å². The zero-order valence-electron chi connectivity index (χ0n) is 12.3. The van der Waals surface area contributed by atoms with Crippen molar-refractivity contribution in [2.45, 2.75) is 25.4 Å². The average molecular weight is 287 g/mol. The van der Waals surface area contributed by atoms with Crippen LogP contribution in [-0.4, -0.2) is 79.9 Å². The van der Waals surface area contributed by atoms with E-state index in [2.05, 4.69) is 10.2 Å². The Kier molecular flexibility index (Phi) is 7.32. The molecule has 7 heteroatoms. The molecular weight excluding hydrogens is 262 g/mol. The molecule has 0 bridgehead atoms. The maximum Gasteiger partial charge on any atom is 0.317 e. The first kappa shape index (κ1) is 16.7. The van der Waals surface area contributed by atoms with E-state index in [9.17, 15) is 9.59 Å². The van der Waals surface area contributed by atoms with E-state index in [1.54, 1.807) is 11.9 Å². The smallest absolute Gasteiger partial charge is 0.317 e. The molecule has 20 heavy (non-hydrogen) atoms. The summed E-state index contributed by atoms with van der Waals surface area (Å²) in [5, 5.41) is 11.4. The summed E-state index contributed by atoms with van der Waals surface area (Å²) in [6.45, 7) is 3.98. The van der Waals surface area contributed by atoms with E-state index < -0.39 is 12.1 Å². The summed E-state index contributed by atoms with van der Waals surface area (Å²) in [6, 6.07) is -0.198. The number of hydrogen-bond donors (Lipinski definition) is 2. The Hall–Kier alpha value is -1.34. The number of urea groups is 1. The Bertz CT molecular complexity index is 319. The second-order valence-electron chi connectivity index (χ2n) is 5.11. The first-order valence-corrected chi connectivity index (χ1v) is 6.99. The zero-order chi connectivity index (χ0) is 15.0. The Morgan fingerprint density at radius 2 is 2.05 bits per heavy atom. The van der Waals surface area contributed by atoms with Crippen molar-refractivity contribution in [3.8, 4) is 0 Å². The molecule has 2 amide bonds. The van der Waals surface area contributed by atoms with Crippen LogP contribution >= 0.6 is 0 Å². The van der Waals surface area contributed by atoms with Crippen molar-refractivity contribution < 1.29 is 19.4 Å². The number of likely N-dealkylation sites (tertiary alicyclic amines) is 1. The summed E-state index contributed by atoms with van der Waals surface area (Å²) in [6.07, 6.45) is 1.86. The van der Waals surface area contributed by atoms with Gasteiger partial charge in [0, 0.05) is 33.8 Å². The predicted molar refractivity (Wildman–Crippen MR) is 74.8 cm³/mol. The van der Waals surface area contributed by atoms with Gasteiger partial charge in [0.15, 0.2) is 0 Å². The molecule has 0 aliphatic carbocycles. The van der Waals surface area contributed by atoms with E-state index >= 15 is 0 Å². The Morgan fingerprint density at radius 3 is 2.60 bits per heavy atom. The molecule has 0 aromatic rings. The summed E-state index contributed by atoms with van der Waals surface area (Å²) >= 11 is 0. The minimum atomic E-state index is -0.937. The molecule has 0 aromatic carbocycles. The molecule has 1 fully saturated rings. The van der Waals surface area contributed by atoms with Gasteiger partial charge in [-0.2, -0.15) is 0 Å². The van der Waals surface area contributed by atoms with Gasteiger partial charge in [-0.3, -0.25) is 4.79 Å². The maximum absolute atomic E-state index is 11.8. The van der Waals surface area contributed by atoms with E-state index in [1.807, 2.05) is 0 Å². The zero-order valence-corrected chi connectivity index (χ0v) is 12.3. The summed E-state index contributed by atoms with van der Waals surface area (Å²) in [5.41, 5.74) is 0. The van der Waals surface area contributed by atoms with Crippen LogP contribution in [0.3, 0.4) is 0 Å². The van der Waals surface area contributed by atoms with Crippen molar-refractivity contribution >= 4 is 12.0 Å². The van der Waals surface area contributed by atoms with Gasteiger partial charge >= 0.3 is 12.0 Å². The highest BCUT2D eigenvalue weighted by Gasteiger charge is 2.16. The Balaban J connectivity index is 2.20. The first-order valence-electron chi connectivity index (χ1n) is 6.99. The van der Waals surface area contributed by atoms with Crippen molar-refractivity contribution in [2.75, 3.05) is 46.9 Å². The molecule has 7 nitrogen and oxygen atoms in total. The molecule has 0 aromatic heterocycles. The maximum atomic E-state index is 11.8. The van der Waals surface area contributed by atoms with Crippen LogP contribution in [0.4, 0.5) is 4.79 Å². The van der Waals surface area contributed by atoms with Crippen molar-refractivity contribution in [1.82, 2.24) is 15.1 Å². The van der Waals surface area contributed by atoms with Crippen LogP contribution in [0.15, 0.2) is 0 Å². The topological polar surface area (TPSA) is 82.1 Å². The molecule has 1 aliphatic heterocycles. The van der Waals surface area contributed by atoms with Gasteiger partial charge in [-0.1, -0.05) is 0 Å². The minimum Gasteiger partial charge on any atom is -0.481 e. The Labute approximate surface area is 119 Å². The van der Waals surface area contributed by atoms with Crippen LogP contribution in [0.5, 0.6) is 0 Å². The van der Waals surface area contributed by atoms with Gasteiger partial charge in [-0.15, -0.1) is 0 Å². The monoisotopic (exact) mass is 287 g/mol. The Morgan fingerprint density at radius 1 is 1.40 bits per heavy atom. The number of carbonyl (C=O) groups is 2. The summed E-state index contributed by atoms with van der Waals surface area (Å²) < 4.78 is 5.01. The van der Waals surface area contributed by atoms with Gasteiger partial charge < -0.3 is 25.0 Å². The average Bonchev–Trinajstić information content (AvgIpc) is 2.93. The largest absolute Gasteiger partial charge is 0.481 e. The van der Waals surface area contributed by atoms with Gasteiger partial charge in [0.2, 0.25) is 0 Å². The molecular formula is C13H25N3O4.